The van der Waals surface area contributed by atoms with Gasteiger partial charge in [0.15, 0.2) is 0 Å². The lowest BCUT2D eigenvalue weighted by Gasteiger charge is -2.36. The van der Waals surface area contributed by atoms with Crippen molar-refractivity contribution < 1.29 is 0 Å². The zero-order chi connectivity index (χ0) is 8.32. The van der Waals surface area contributed by atoms with Crippen LogP contribution >= 0.6 is 11.8 Å². The van der Waals surface area contributed by atoms with Crippen LogP contribution in [0.1, 0.15) is 13.3 Å². The van der Waals surface area contributed by atoms with Gasteiger partial charge < -0.3 is 5.73 Å². The van der Waals surface area contributed by atoms with Crippen LogP contribution in [0.25, 0.3) is 0 Å². The van der Waals surface area contributed by atoms with Gasteiger partial charge in [-0.2, -0.15) is 11.8 Å². The Morgan fingerprint density at radius 3 is 2.73 bits per heavy atom. The highest BCUT2D eigenvalue weighted by atomic mass is 32.2. The molecule has 0 saturated carbocycles. The van der Waals surface area contributed by atoms with Gasteiger partial charge in [-0.3, -0.25) is 4.90 Å². The summed E-state index contributed by atoms with van der Waals surface area (Å²) in [5.41, 5.74) is 6.11. The Hall–Kier alpha value is 0.270. The largest absolute Gasteiger partial charge is 0.329 e. The lowest BCUT2D eigenvalue weighted by Crippen LogP contribution is -2.52. The number of rotatable bonds is 3. The van der Waals surface area contributed by atoms with Gasteiger partial charge in [0.05, 0.1) is 0 Å². The second-order valence-electron chi connectivity index (χ2n) is 3.25. The van der Waals surface area contributed by atoms with E-state index in [-0.39, 0.29) is 0 Å². The molecule has 66 valence electrons. The molecular formula is C8H18N2S. The Balaban J connectivity index is 2.58. The normalized spacial score (nSPS) is 31.6. The van der Waals surface area contributed by atoms with Crippen molar-refractivity contribution in [3.63, 3.8) is 0 Å². The summed E-state index contributed by atoms with van der Waals surface area (Å²) in [6.45, 7) is 4.11. The summed E-state index contributed by atoms with van der Waals surface area (Å²) < 4.78 is 0. The monoisotopic (exact) mass is 174 g/mol. The molecule has 1 saturated heterocycles. The molecule has 0 aliphatic carbocycles. The van der Waals surface area contributed by atoms with E-state index < -0.39 is 0 Å². The molecule has 1 atom stereocenters. The minimum atomic E-state index is 0.319. The fraction of sp³-hybridized carbons (Fsp3) is 1.00. The van der Waals surface area contributed by atoms with Gasteiger partial charge in [-0.15, -0.1) is 0 Å². The van der Waals surface area contributed by atoms with Crippen LogP contribution in [0.3, 0.4) is 0 Å². The average Bonchev–Trinajstić information content (AvgIpc) is 2.52. The van der Waals surface area contributed by atoms with Crippen molar-refractivity contribution in [1.82, 2.24) is 4.90 Å². The van der Waals surface area contributed by atoms with E-state index in [9.17, 15) is 0 Å². The molecule has 1 unspecified atom stereocenters. The summed E-state index contributed by atoms with van der Waals surface area (Å²) in [4.78, 5) is 2.40. The van der Waals surface area contributed by atoms with Crippen molar-refractivity contribution >= 4 is 11.8 Å². The van der Waals surface area contributed by atoms with Gasteiger partial charge in [0.2, 0.25) is 0 Å². The van der Waals surface area contributed by atoms with E-state index in [0.717, 1.165) is 13.1 Å². The van der Waals surface area contributed by atoms with Crippen molar-refractivity contribution in [2.24, 2.45) is 5.73 Å². The molecule has 0 aromatic rings. The molecule has 3 heteroatoms. The highest BCUT2D eigenvalue weighted by Gasteiger charge is 2.35. The van der Waals surface area contributed by atoms with Crippen LogP contribution < -0.4 is 5.73 Å². The summed E-state index contributed by atoms with van der Waals surface area (Å²) >= 11 is 2.03. The Labute approximate surface area is 73.5 Å². The first kappa shape index (κ1) is 9.36. The molecule has 11 heavy (non-hydrogen) atoms. The molecule has 0 amide bonds. The van der Waals surface area contributed by atoms with Crippen molar-refractivity contribution in [2.75, 3.05) is 31.6 Å². The highest BCUT2D eigenvalue weighted by molar-refractivity contribution is 7.99. The Morgan fingerprint density at radius 1 is 1.64 bits per heavy atom. The predicted octanol–water partition coefficient (Wildman–Crippen LogP) is 0.773. The SMILES string of the molecule is CCN(C)C1(CN)CCSC1. The quantitative estimate of drug-likeness (QED) is 0.685. The van der Waals surface area contributed by atoms with Crippen LogP contribution in [-0.2, 0) is 0 Å². The molecule has 0 radical (unpaired) electrons. The van der Waals surface area contributed by atoms with Crippen molar-refractivity contribution in [1.29, 1.82) is 0 Å². The first-order valence-corrected chi connectivity index (χ1v) is 5.40. The predicted molar refractivity (Wildman–Crippen MR) is 52.0 cm³/mol. The van der Waals surface area contributed by atoms with Gasteiger partial charge in [0, 0.05) is 17.8 Å². The van der Waals surface area contributed by atoms with E-state index in [0.29, 0.717) is 5.54 Å². The minimum Gasteiger partial charge on any atom is -0.329 e. The van der Waals surface area contributed by atoms with Crippen LogP contribution in [0.5, 0.6) is 0 Å². The van der Waals surface area contributed by atoms with E-state index in [2.05, 4.69) is 18.9 Å². The fourth-order valence-electron chi connectivity index (χ4n) is 1.55. The lowest BCUT2D eigenvalue weighted by atomic mass is 9.97. The second-order valence-corrected chi connectivity index (χ2v) is 4.35. The standard InChI is InChI=1S/C8H18N2S/c1-3-10(2)8(6-9)4-5-11-7-8/h3-7,9H2,1-2H3. The summed E-state index contributed by atoms with van der Waals surface area (Å²) in [5.74, 6) is 2.50. The summed E-state index contributed by atoms with van der Waals surface area (Å²) in [5, 5.41) is 0. The first-order valence-electron chi connectivity index (χ1n) is 4.24. The maximum Gasteiger partial charge on any atom is 0.0426 e. The van der Waals surface area contributed by atoms with Gasteiger partial charge in [-0.25, -0.2) is 0 Å². The zero-order valence-electron chi connectivity index (χ0n) is 7.47. The molecule has 1 heterocycles. The summed E-state index contributed by atoms with van der Waals surface area (Å²) in [6.07, 6.45) is 1.26. The van der Waals surface area contributed by atoms with Gasteiger partial charge in [-0.1, -0.05) is 6.92 Å². The molecule has 0 bridgehead atoms. The minimum absolute atomic E-state index is 0.319. The molecule has 2 N–H and O–H groups in total. The lowest BCUT2D eigenvalue weighted by molar-refractivity contribution is 0.160. The Kier molecular flexibility index (Phi) is 3.22. The topological polar surface area (TPSA) is 29.3 Å². The van der Waals surface area contributed by atoms with E-state index in [4.69, 9.17) is 5.73 Å². The zero-order valence-corrected chi connectivity index (χ0v) is 8.28. The Bertz CT molecular complexity index is 121. The Morgan fingerprint density at radius 2 is 2.36 bits per heavy atom. The number of hydrogen-bond donors (Lipinski definition) is 1. The molecule has 1 aliphatic heterocycles. The average molecular weight is 174 g/mol. The number of likely N-dealkylation sites (N-methyl/N-ethyl adjacent to an activating group) is 1. The van der Waals surface area contributed by atoms with Crippen molar-refractivity contribution in [3.8, 4) is 0 Å². The molecule has 1 rings (SSSR count). The van der Waals surface area contributed by atoms with E-state index in [1.807, 2.05) is 11.8 Å². The van der Waals surface area contributed by atoms with Gasteiger partial charge in [0.1, 0.15) is 0 Å². The number of thioether (sulfide) groups is 1. The molecule has 1 fully saturated rings. The van der Waals surface area contributed by atoms with Gasteiger partial charge in [0.25, 0.3) is 0 Å². The maximum absolute atomic E-state index is 5.79. The smallest absolute Gasteiger partial charge is 0.0426 e. The van der Waals surface area contributed by atoms with Crippen LogP contribution in [0.15, 0.2) is 0 Å². The number of hydrogen-bond acceptors (Lipinski definition) is 3. The third-order valence-electron chi connectivity index (χ3n) is 2.75. The third-order valence-corrected chi connectivity index (χ3v) is 3.98. The molecular weight excluding hydrogens is 156 g/mol. The van der Waals surface area contributed by atoms with Crippen LogP contribution in [0.4, 0.5) is 0 Å². The van der Waals surface area contributed by atoms with Gasteiger partial charge in [-0.05, 0) is 25.8 Å². The molecule has 0 aromatic carbocycles. The fourth-order valence-corrected chi connectivity index (χ4v) is 3.08. The van der Waals surface area contributed by atoms with E-state index in [1.165, 1.54) is 17.9 Å². The van der Waals surface area contributed by atoms with Crippen LogP contribution in [0, 0.1) is 0 Å². The summed E-state index contributed by atoms with van der Waals surface area (Å²) in [7, 11) is 2.18. The van der Waals surface area contributed by atoms with Crippen LogP contribution in [-0.4, -0.2) is 42.1 Å². The molecule has 0 spiro atoms. The van der Waals surface area contributed by atoms with Gasteiger partial charge >= 0.3 is 0 Å². The molecule has 0 aromatic heterocycles. The first-order chi connectivity index (χ1) is 5.25. The van der Waals surface area contributed by atoms with E-state index >= 15 is 0 Å². The molecule has 1 aliphatic rings. The van der Waals surface area contributed by atoms with Crippen molar-refractivity contribution in [2.45, 2.75) is 18.9 Å². The second kappa shape index (κ2) is 3.78. The van der Waals surface area contributed by atoms with Crippen LogP contribution in [0.2, 0.25) is 0 Å². The maximum atomic E-state index is 5.79. The van der Waals surface area contributed by atoms with Crippen molar-refractivity contribution in [3.05, 3.63) is 0 Å². The highest BCUT2D eigenvalue weighted by Crippen LogP contribution is 2.31. The number of nitrogens with zero attached hydrogens (tertiary/aromatic N) is 1. The number of nitrogens with two attached hydrogens (primary N) is 1. The third kappa shape index (κ3) is 1.71. The summed E-state index contributed by atoms with van der Waals surface area (Å²) in [6, 6.07) is 0. The molecule has 2 nitrogen and oxygen atoms in total. The van der Waals surface area contributed by atoms with E-state index in [1.54, 1.807) is 0 Å².